The Morgan fingerprint density at radius 3 is 2.83 bits per heavy atom. The number of nitrogens with zero attached hydrogens (tertiary/aromatic N) is 1. The molecule has 0 spiro atoms. The highest BCUT2D eigenvalue weighted by Gasteiger charge is 2.07. The lowest BCUT2D eigenvalue weighted by atomic mass is 10.1. The van der Waals surface area contributed by atoms with Crippen LogP contribution < -0.4 is 11.1 Å². The van der Waals surface area contributed by atoms with Crippen molar-refractivity contribution in [1.82, 2.24) is 4.98 Å². The van der Waals surface area contributed by atoms with Gasteiger partial charge < -0.3 is 11.1 Å². The third kappa shape index (κ3) is 3.21. The van der Waals surface area contributed by atoms with E-state index in [0.29, 0.717) is 16.5 Å². The number of carbonyl (C=O) groups excluding carboxylic acids is 1. The van der Waals surface area contributed by atoms with Crippen molar-refractivity contribution in [1.29, 1.82) is 0 Å². The van der Waals surface area contributed by atoms with E-state index in [1.54, 1.807) is 18.2 Å². The summed E-state index contributed by atoms with van der Waals surface area (Å²) < 4.78 is 0. The van der Waals surface area contributed by atoms with Crippen LogP contribution in [0.5, 0.6) is 0 Å². The summed E-state index contributed by atoms with van der Waals surface area (Å²) in [5, 5.41) is 3.20. The Hall–Kier alpha value is -2.07. The van der Waals surface area contributed by atoms with Crippen LogP contribution in [-0.2, 0) is 11.2 Å². The van der Waals surface area contributed by atoms with Gasteiger partial charge in [0.25, 0.3) is 0 Å². The summed E-state index contributed by atoms with van der Waals surface area (Å²) >= 11 is 5.80. The lowest BCUT2D eigenvalue weighted by Gasteiger charge is -2.06. The highest BCUT2D eigenvalue weighted by molar-refractivity contribution is 6.30. The molecule has 3 N–H and O–H groups in total. The Morgan fingerprint density at radius 2 is 2.11 bits per heavy atom. The monoisotopic (exact) mass is 261 g/mol. The normalized spacial score (nSPS) is 10.1. The molecule has 0 unspecified atom stereocenters. The van der Waals surface area contributed by atoms with E-state index in [4.69, 9.17) is 17.3 Å². The highest BCUT2D eigenvalue weighted by Crippen LogP contribution is 2.14. The Morgan fingerprint density at radius 1 is 1.33 bits per heavy atom. The van der Waals surface area contributed by atoms with Gasteiger partial charge in [0.2, 0.25) is 5.91 Å². The van der Waals surface area contributed by atoms with Crippen LogP contribution in [-0.4, -0.2) is 10.9 Å². The van der Waals surface area contributed by atoms with Crippen LogP contribution in [0.25, 0.3) is 0 Å². The zero-order valence-corrected chi connectivity index (χ0v) is 10.3. The molecule has 0 saturated heterocycles. The molecular weight excluding hydrogens is 250 g/mol. The van der Waals surface area contributed by atoms with Crippen LogP contribution >= 0.6 is 11.6 Å². The predicted octanol–water partition coefficient (Wildman–Crippen LogP) is 2.50. The van der Waals surface area contributed by atoms with E-state index in [1.165, 1.54) is 6.20 Å². The van der Waals surface area contributed by atoms with Crippen LogP contribution in [0.4, 0.5) is 11.5 Å². The van der Waals surface area contributed by atoms with Crippen LogP contribution in [0.2, 0.25) is 5.02 Å². The lowest BCUT2D eigenvalue weighted by molar-refractivity contribution is -0.115. The van der Waals surface area contributed by atoms with E-state index in [1.807, 2.05) is 18.2 Å². The second kappa shape index (κ2) is 5.51. The minimum Gasteiger partial charge on any atom is -0.398 e. The van der Waals surface area contributed by atoms with E-state index in [0.717, 1.165) is 5.56 Å². The van der Waals surface area contributed by atoms with Crippen molar-refractivity contribution in [2.45, 2.75) is 6.42 Å². The number of benzene rings is 1. The van der Waals surface area contributed by atoms with Crippen LogP contribution in [0.15, 0.2) is 42.6 Å². The Labute approximate surface area is 110 Å². The number of rotatable bonds is 3. The number of nitrogen functional groups attached to an aromatic ring is 1. The molecule has 1 aromatic carbocycles. The molecule has 5 heteroatoms. The maximum atomic E-state index is 11.8. The molecule has 0 aliphatic heterocycles. The number of halogens is 1. The molecule has 1 aromatic heterocycles. The van der Waals surface area contributed by atoms with Gasteiger partial charge in [-0.05, 0) is 23.8 Å². The van der Waals surface area contributed by atoms with E-state index in [2.05, 4.69) is 10.3 Å². The van der Waals surface area contributed by atoms with Crippen LogP contribution in [0.1, 0.15) is 5.56 Å². The van der Waals surface area contributed by atoms with Crippen molar-refractivity contribution >= 4 is 29.0 Å². The summed E-state index contributed by atoms with van der Waals surface area (Å²) in [5.41, 5.74) is 7.16. The molecule has 0 bridgehead atoms. The lowest BCUT2D eigenvalue weighted by Crippen LogP contribution is -2.16. The molecule has 2 rings (SSSR count). The van der Waals surface area contributed by atoms with Crippen LogP contribution in [0, 0.1) is 0 Å². The summed E-state index contributed by atoms with van der Waals surface area (Å²) in [7, 11) is 0. The van der Waals surface area contributed by atoms with Gasteiger partial charge in [-0.1, -0.05) is 29.8 Å². The average molecular weight is 262 g/mol. The fourth-order valence-corrected chi connectivity index (χ4v) is 1.69. The second-order valence-corrected chi connectivity index (χ2v) is 4.22. The number of nitrogens with one attached hydrogen (secondary N) is 1. The molecule has 4 nitrogen and oxygen atoms in total. The number of aromatic nitrogens is 1. The van der Waals surface area contributed by atoms with Gasteiger partial charge in [-0.3, -0.25) is 4.79 Å². The molecule has 92 valence electrons. The zero-order chi connectivity index (χ0) is 13.0. The maximum absolute atomic E-state index is 11.8. The van der Waals surface area contributed by atoms with E-state index < -0.39 is 0 Å². The molecular formula is C13H12ClN3O. The fourth-order valence-electron chi connectivity index (χ4n) is 1.53. The first-order chi connectivity index (χ1) is 8.65. The molecule has 1 heterocycles. The number of nitrogens with two attached hydrogens (primary N) is 1. The van der Waals surface area contributed by atoms with E-state index >= 15 is 0 Å². The van der Waals surface area contributed by atoms with Gasteiger partial charge in [0.1, 0.15) is 5.82 Å². The number of para-hydroxylation sites is 1. The average Bonchev–Trinajstić information content (AvgIpc) is 2.32. The molecule has 0 aliphatic carbocycles. The number of hydrogen-bond donors (Lipinski definition) is 2. The minimum absolute atomic E-state index is 0.178. The SMILES string of the molecule is Nc1ccccc1CC(=O)Nc1cc(Cl)ccn1. The van der Waals surface area contributed by atoms with Gasteiger partial charge in [0, 0.05) is 16.9 Å². The minimum atomic E-state index is -0.178. The first kappa shape index (κ1) is 12.4. The predicted molar refractivity (Wildman–Crippen MR) is 72.4 cm³/mol. The Balaban J connectivity index is 2.03. The summed E-state index contributed by atoms with van der Waals surface area (Å²) in [5.74, 6) is 0.254. The van der Waals surface area contributed by atoms with Gasteiger partial charge in [0.05, 0.1) is 6.42 Å². The standard InChI is InChI=1S/C13H12ClN3O/c14-10-5-6-16-12(8-10)17-13(18)7-9-3-1-2-4-11(9)15/h1-6,8H,7,15H2,(H,16,17,18). The molecule has 0 atom stereocenters. The molecule has 1 amide bonds. The smallest absolute Gasteiger partial charge is 0.230 e. The Kier molecular flexibility index (Phi) is 3.79. The zero-order valence-electron chi connectivity index (χ0n) is 9.56. The summed E-state index contributed by atoms with van der Waals surface area (Å²) in [4.78, 5) is 15.8. The number of amides is 1. The molecule has 0 radical (unpaired) electrons. The van der Waals surface area contributed by atoms with Crippen LogP contribution in [0.3, 0.4) is 0 Å². The number of hydrogen-bond acceptors (Lipinski definition) is 3. The van der Waals surface area contributed by atoms with Crippen molar-refractivity contribution in [3.63, 3.8) is 0 Å². The largest absolute Gasteiger partial charge is 0.398 e. The van der Waals surface area contributed by atoms with Gasteiger partial charge in [-0.25, -0.2) is 4.98 Å². The third-order valence-corrected chi connectivity index (χ3v) is 2.63. The number of pyridine rings is 1. The molecule has 0 fully saturated rings. The van der Waals surface area contributed by atoms with E-state index in [-0.39, 0.29) is 12.3 Å². The number of anilines is 2. The molecule has 2 aromatic rings. The second-order valence-electron chi connectivity index (χ2n) is 3.78. The quantitative estimate of drug-likeness (QED) is 0.834. The highest BCUT2D eigenvalue weighted by atomic mass is 35.5. The summed E-state index contributed by atoms with van der Waals surface area (Å²) in [6.07, 6.45) is 1.75. The van der Waals surface area contributed by atoms with Gasteiger partial charge in [-0.15, -0.1) is 0 Å². The summed E-state index contributed by atoms with van der Waals surface area (Å²) in [6.45, 7) is 0. The first-order valence-corrected chi connectivity index (χ1v) is 5.78. The maximum Gasteiger partial charge on any atom is 0.230 e. The molecule has 18 heavy (non-hydrogen) atoms. The van der Waals surface area contributed by atoms with Gasteiger partial charge in [0.15, 0.2) is 0 Å². The molecule has 0 aliphatic rings. The summed E-state index contributed by atoms with van der Waals surface area (Å²) in [6, 6.07) is 10.5. The Bertz CT molecular complexity index is 572. The van der Waals surface area contributed by atoms with Crippen molar-refractivity contribution in [3.8, 4) is 0 Å². The number of carbonyl (C=O) groups is 1. The van der Waals surface area contributed by atoms with Crippen molar-refractivity contribution in [3.05, 3.63) is 53.2 Å². The van der Waals surface area contributed by atoms with Gasteiger partial charge >= 0.3 is 0 Å². The van der Waals surface area contributed by atoms with Crippen molar-refractivity contribution in [2.24, 2.45) is 0 Å². The molecule has 0 saturated carbocycles. The fraction of sp³-hybridized carbons (Fsp3) is 0.0769. The first-order valence-electron chi connectivity index (χ1n) is 5.40. The topological polar surface area (TPSA) is 68.0 Å². The van der Waals surface area contributed by atoms with E-state index in [9.17, 15) is 4.79 Å². The van der Waals surface area contributed by atoms with Crippen molar-refractivity contribution in [2.75, 3.05) is 11.1 Å². The van der Waals surface area contributed by atoms with Gasteiger partial charge in [-0.2, -0.15) is 0 Å². The third-order valence-electron chi connectivity index (χ3n) is 2.40. The van der Waals surface area contributed by atoms with Crippen molar-refractivity contribution < 1.29 is 4.79 Å².